The Balaban J connectivity index is 0.00000529. The fraction of sp³-hybridized carbons (Fsp3) is 0.529. The van der Waals surface area contributed by atoms with Gasteiger partial charge in [-0.05, 0) is 24.6 Å². The molecule has 1 aromatic rings. The molecule has 0 saturated carbocycles. The minimum atomic E-state index is -0.370. The van der Waals surface area contributed by atoms with Crippen molar-refractivity contribution >= 4 is 47.4 Å². The van der Waals surface area contributed by atoms with Crippen LogP contribution in [0.4, 0.5) is 0 Å². The van der Waals surface area contributed by atoms with Crippen molar-refractivity contribution in [3.05, 3.63) is 34.9 Å². The number of benzene rings is 1. The van der Waals surface area contributed by atoms with Gasteiger partial charge in [-0.1, -0.05) is 44.5 Å². The van der Waals surface area contributed by atoms with Gasteiger partial charge in [0, 0.05) is 30.1 Å². The zero-order valence-corrected chi connectivity index (χ0v) is 17.9. The van der Waals surface area contributed by atoms with Gasteiger partial charge in [-0.3, -0.25) is 4.79 Å². The van der Waals surface area contributed by atoms with Gasteiger partial charge in [-0.2, -0.15) is 0 Å². The average Bonchev–Trinajstić information content (AvgIpc) is 2.47. The molecule has 0 bridgehead atoms. The van der Waals surface area contributed by atoms with E-state index in [9.17, 15) is 4.79 Å². The minimum Gasteiger partial charge on any atom is -0.357 e. The highest BCUT2D eigenvalue weighted by Crippen LogP contribution is 2.12. The average molecular weight is 467 g/mol. The summed E-state index contributed by atoms with van der Waals surface area (Å²) in [4.78, 5) is 16.3. The summed E-state index contributed by atoms with van der Waals surface area (Å²) in [7, 11) is 0. The minimum absolute atomic E-state index is 0. The number of carbonyl (C=O) groups excluding carboxylic acids is 1. The molecule has 0 saturated heterocycles. The molecular weight excluding hydrogens is 439 g/mol. The third kappa shape index (κ3) is 9.32. The van der Waals surface area contributed by atoms with Gasteiger partial charge in [-0.15, -0.1) is 24.0 Å². The number of guanidine groups is 1. The van der Waals surface area contributed by atoms with Gasteiger partial charge in [0.1, 0.15) is 0 Å². The summed E-state index contributed by atoms with van der Waals surface area (Å²) in [5, 5.41) is 9.99. The standard InChI is InChI=1S/C17H27ClN4O.HI/c1-5-19-16(21-10-9-20-15(23)17(2,3)4)22-12-13-7-6-8-14(18)11-13;/h6-8,11H,5,9-10,12H2,1-4H3,(H,20,23)(H2,19,21,22);1H. The third-order valence-electron chi connectivity index (χ3n) is 3.04. The van der Waals surface area contributed by atoms with Crippen molar-refractivity contribution in [2.45, 2.75) is 34.2 Å². The molecule has 0 aromatic heterocycles. The van der Waals surface area contributed by atoms with Crippen molar-refractivity contribution in [2.75, 3.05) is 19.6 Å². The Labute approximate surface area is 167 Å². The molecule has 3 N–H and O–H groups in total. The number of hydrogen-bond acceptors (Lipinski definition) is 2. The molecule has 0 aliphatic rings. The third-order valence-corrected chi connectivity index (χ3v) is 3.27. The number of amides is 1. The van der Waals surface area contributed by atoms with Gasteiger partial charge in [0.05, 0.1) is 6.54 Å². The highest BCUT2D eigenvalue weighted by Gasteiger charge is 2.20. The SMILES string of the molecule is CCNC(=NCc1cccc(Cl)c1)NCCNC(=O)C(C)(C)C.I. The zero-order chi connectivity index (χ0) is 17.3. The van der Waals surface area contributed by atoms with Crippen molar-refractivity contribution in [1.82, 2.24) is 16.0 Å². The van der Waals surface area contributed by atoms with Crippen molar-refractivity contribution in [2.24, 2.45) is 10.4 Å². The lowest BCUT2D eigenvalue weighted by atomic mass is 9.96. The van der Waals surface area contributed by atoms with E-state index in [0.29, 0.717) is 24.7 Å². The van der Waals surface area contributed by atoms with Crippen LogP contribution in [-0.2, 0) is 11.3 Å². The molecule has 0 unspecified atom stereocenters. The van der Waals surface area contributed by atoms with Crippen LogP contribution < -0.4 is 16.0 Å². The molecule has 1 aromatic carbocycles. The monoisotopic (exact) mass is 466 g/mol. The molecule has 5 nitrogen and oxygen atoms in total. The maximum atomic E-state index is 11.8. The van der Waals surface area contributed by atoms with Crippen molar-refractivity contribution < 1.29 is 4.79 Å². The van der Waals surface area contributed by atoms with E-state index >= 15 is 0 Å². The fourth-order valence-corrected chi connectivity index (χ4v) is 1.98. The number of rotatable bonds is 6. The quantitative estimate of drug-likeness (QED) is 0.261. The first-order chi connectivity index (χ1) is 10.8. The Morgan fingerprint density at radius 3 is 2.42 bits per heavy atom. The van der Waals surface area contributed by atoms with Gasteiger partial charge in [0.2, 0.25) is 5.91 Å². The summed E-state index contributed by atoms with van der Waals surface area (Å²) in [6.45, 7) is 10.2. The molecular formula is C17H28ClIN4O. The number of hydrogen-bond donors (Lipinski definition) is 3. The Morgan fingerprint density at radius 1 is 1.17 bits per heavy atom. The van der Waals surface area contributed by atoms with Crippen molar-refractivity contribution in [3.8, 4) is 0 Å². The summed E-state index contributed by atoms with van der Waals surface area (Å²) in [6.07, 6.45) is 0. The van der Waals surface area contributed by atoms with Crippen molar-refractivity contribution in [3.63, 3.8) is 0 Å². The lowest BCUT2D eigenvalue weighted by Crippen LogP contribution is -2.43. The normalized spacial score (nSPS) is 11.5. The maximum Gasteiger partial charge on any atom is 0.225 e. The summed E-state index contributed by atoms with van der Waals surface area (Å²) >= 11 is 5.97. The second-order valence-electron chi connectivity index (χ2n) is 6.26. The molecule has 7 heteroatoms. The van der Waals surface area contributed by atoms with Crippen LogP contribution in [0.25, 0.3) is 0 Å². The van der Waals surface area contributed by atoms with E-state index in [1.54, 1.807) is 0 Å². The van der Waals surface area contributed by atoms with Gasteiger partial charge in [0.25, 0.3) is 0 Å². The van der Waals surface area contributed by atoms with Gasteiger partial charge >= 0.3 is 0 Å². The molecule has 136 valence electrons. The molecule has 0 fully saturated rings. The van der Waals surface area contributed by atoms with Crippen LogP contribution in [0.3, 0.4) is 0 Å². The largest absolute Gasteiger partial charge is 0.357 e. The summed E-state index contributed by atoms with van der Waals surface area (Å²) in [5.41, 5.74) is 0.682. The molecule has 24 heavy (non-hydrogen) atoms. The van der Waals surface area contributed by atoms with Crippen LogP contribution in [0.15, 0.2) is 29.3 Å². The fourth-order valence-electron chi connectivity index (χ4n) is 1.77. The predicted octanol–water partition coefficient (Wildman–Crippen LogP) is 3.18. The highest BCUT2D eigenvalue weighted by molar-refractivity contribution is 14.0. The number of halogens is 2. The van der Waals surface area contributed by atoms with E-state index in [4.69, 9.17) is 11.6 Å². The molecule has 0 spiro atoms. The van der Waals surface area contributed by atoms with Crippen LogP contribution in [0, 0.1) is 5.41 Å². The first-order valence-electron chi connectivity index (χ1n) is 7.88. The maximum absolute atomic E-state index is 11.8. The molecule has 0 aliphatic carbocycles. The topological polar surface area (TPSA) is 65.5 Å². The van der Waals surface area contributed by atoms with Crippen LogP contribution in [0.5, 0.6) is 0 Å². The van der Waals surface area contributed by atoms with E-state index in [1.807, 2.05) is 52.0 Å². The van der Waals surface area contributed by atoms with E-state index in [0.717, 1.165) is 18.1 Å². The smallest absolute Gasteiger partial charge is 0.225 e. The van der Waals surface area contributed by atoms with E-state index < -0.39 is 0 Å². The van der Waals surface area contributed by atoms with Gasteiger partial charge < -0.3 is 16.0 Å². The van der Waals surface area contributed by atoms with E-state index in [2.05, 4.69) is 20.9 Å². The Bertz CT molecular complexity index is 544. The first-order valence-corrected chi connectivity index (χ1v) is 8.25. The molecule has 1 rings (SSSR count). The number of nitrogens with one attached hydrogen (secondary N) is 3. The second-order valence-corrected chi connectivity index (χ2v) is 6.69. The lowest BCUT2D eigenvalue weighted by molar-refractivity contribution is -0.128. The molecule has 0 radical (unpaired) electrons. The Hall–Kier alpha value is -1.02. The number of carbonyl (C=O) groups is 1. The summed E-state index contributed by atoms with van der Waals surface area (Å²) < 4.78 is 0. The predicted molar refractivity (Wildman–Crippen MR) is 112 cm³/mol. The summed E-state index contributed by atoms with van der Waals surface area (Å²) in [5.74, 6) is 0.762. The van der Waals surface area contributed by atoms with Crippen LogP contribution in [0.2, 0.25) is 5.02 Å². The lowest BCUT2D eigenvalue weighted by Gasteiger charge is -2.18. The van der Waals surface area contributed by atoms with E-state index in [-0.39, 0.29) is 35.3 Å². The highest BCUT2D eigenvalue weighted by atomic mass is 127. The zero-order valence-electron chi connectivity index (χ0n) is 14.8. The second kappa shape index (κ2) is 11.5. The molecule has 0 atom stereocenters. The van der Waals surface area contributed by atoms with Gasteiger partial charge in [-0.25, -0.2) is 4.99 Å². The summed E-state index contributed by atoms with van der Waals surface area (Å²) in [6, 6.07) is 7.65. The molecule has 0 heterocycles. The first kappa shape index (κ1) is 23.0. The number of nitrogens with zero attached hydrogens (tertiary/aromatic N) is 1. The molecule has 1 amide bonds. The Morgan fingerprint density at radius 2 is 1.83 bits per heavy atom. The van der Waals surface area contributed by atoms with Crippen LogP contribution in [0.1, 0.15) is 33.3 Å². The number of aliphatic imine (C=N–C) groups is 1. The van der Waals surface area contributed by atoms with Crippen molar-refractivity contribution in [1.29, 1.82) is 0 Å². The van der Waals surface area contributed by atoms with Crippen LogP contribution >= 0.6 is 35.6 Å². The van der Waals surface area contributed by atoms with E-state index in [1.165, 1.54) is 0 Å². The Kier molecular flexibility index (Phi) is 11.0. The van der Waals surface area contributed by atoms with Gasteiger partial charge in [0.15, 0.2) is 5.96 Å². The van der Waals surface area contributed by atoms with Crippen LogP contribution in [-0.4, -0.2) is 31.5 Å². The molecule has 0 aliphatic heterocycles.